The molecule has 3 rings (SSSR count). The van der Waals surface area contributed by atoms with Crippen molar-refractivity contribution in [3.05, 3.63) is 59.4 Å². The number of carbonyl (C=O) groups excluding carboxylic acids is 1. The number of para-hydroxylation sites is 2. The fraction of sp³-hybridized carbons (Fsp3) is 0.364. The lowest BCUT2D eigenvalue weighted by Crippen LogP contribution is -2.30. The second-order valence-corrected chi connectivity index (χ2v) is 7.36. The minimum atomic E-state index is -0.154. The Morgan fingerprint density at radius 2 is 1.96 bits per heavy atom. The van der Waals surface area contributed by atoms with Gasteiger partial charge in [0.05, 0.1) is 17.6 Å². The van der Waals surface area contributed by atoms with Crippen LogP contribution in [0.3, 0.4) is 0 Å². The van der Waals surface area contributed by atoms with E-state index in [-0.39, 0.29) is 12.5 Å². The van der Waals surface area contributed by atoms with Gasteiger partial charge in [0.2, 0.25) is 0 Å². The zero-order valence-corrected chi connectivity index (χ0v) is 16.5. The minimum Gasteiger partial charge on any atom is -0.483 e. The Kier molecular flexibility index (Phi) is 5.79. The molecule has 3 aromatic rings. The van der Waals surface area contributed by atoms with E-state index in [2.05, 4.69) is 34.8 Å². The third-order valence-corrected chi connectivity index (χ3v) is 4.43. The summed E-state index contributed by atoms with van der Waals surface area (Å²) in [6, 6.07) is 14.0. The predicted molar refractivity (Wildman–Crippen MR) is 108 cm³/mol. The van der Waals surface area contributed by atoms with Crippen molar-refractivity contribution in [2.75, 3.05) is 6.61 Å². The zero-order valence-electron chi connectivity index (χ0n) is 16.5. The molecule has 0 bridgehead atoms. The summed E-state index contributed by atoms with van der Waals surface area (Å²) in [5.74, 6) is 1.95. The van der Waals surface area contributed by atoms with Crippen molar-refractivity contribution < 1.29 is 9.53 Å². The summed E-state index contributed by atoms with van der Waals surface area (Å²) in [7, 11) is 0. The van der Waals surface area contributed by atoms with E-state index in [1.54, 1.807) is 0 Å². The molecule has 1 heterocycles. The molecule has 0 unspecified atom stereocenters. The van der Waals surface area contributed by atoms with E-state index in [0.29, 0.717) is 12.5 Å². The van der Waals surface area contributed by atoms with Crippen LogP contribution in [0.1, 0.15) is 30.8 Å². The maximum absolute atomic E-state index is 12.3. The highest BCUT2D eigenvalue weighted by Gasteiger charge is 2.13. The molecule has 0 aliphatic rings. The van der Waals surface area contributed by atoms with E-state index in [0.717, 1.165) is 40.3 Å². The Hall–Kier alpha value is -2.82. The van der Waals surface area contributed by atoms with Crippen LogP contribution in [0.2, 0.25) is 0 Å². The molecule has 142 valence electrons. The van der Waals surface area contributed by atoms with Crippen molar-refractivity contribution in [2.24, 2.45) is 5.92 Å². The average molecular weight is 365 g/mol. The van der Waals surface area contributed by atoms with Gasteiger partial charge in [0.15, 0.2) is 6.61 Å². The number of hydrogen-bond acceptors (Lipinski definition) is 3. The number of fused-ring (bicyclic) bond motifs is 1. The highest BCUT2D eigenvalue weighted by molar-refractivity contribution is 5.78. The zero-order chi connectivity index (χ0) is 19.4. The molecule has 27 heavy (non-hydrogen) atoms. The number of hydrogen-bond donors (Lipinski definition) is 1. The van der Waals surface area contributed by atoms with E-state index in [4.69, 9.17) is 4.74 Å². The van der Waals surface area contributed by atoms with Crippen molar-refractivity contribution >= 4 is 16.9 Å². The van der Waals surface area contributed by atoms with E-state index in [9.17, 15) is 4.79 Å². The molecule has 0 atom stereocenters. The second kappa shape index (κ2) is 8.25. The molecule has 5 heteroatoms. The standard InChI is InChI=1S/C22H27N3O2/c1-15(2)13-25-19-8-6-5-7-18(19)24-21(25)12-23-22(26)14-27-20-11-16(3)9-10-17(20)4/h5-11,15H,12-14H2,1-4H3,(H,23,26). The number of aromatic nitrogens is 2. The molecule has 0 aliphatic carbocycles. The van der Waals surface area contributed by atoms with E-state index >= 15 is 0 Å². The van der Waals surface area contributed by atoms with Crippen molar-refractivity contribution in [3.8, 4) is 5.75 Å². The number of benzene rings is 2. The number of amides is 1. The van der Waals surface area contributed by atoms with Gasteiger partial charge in [0.1, 0.15) is 11.6 Å². The maximum Gasteiger partial charge on any atom is 0.258 e. The first-order valence-corrected chi connectivity index (χ1v) is 9.35. The van der Waals surface area contributed by atoms with Gasteiger partial charge >= 0.3 is 0 Å². The fourth-order valence-corrected chi connectivity index (χ4v) is 3.06. The van der Waals surface area contributed by atoms with Gasteiger partial charge in [-0.05, 0) is 49.1 Å². The third kappa shape index (κ3) is 4.67. The summed E-state index contributed by atoms with van der Waals surface area (Å²) < 4.78 is 7.87. The summed E-state index contributed by atoms with van der Waals surface area (Å²) in [6.07, 6.45) is 0. The highest BCUT2D eigenvalue weighted by atomic mass is 16.5. The van der Waals surface area contributed by atoms with Gasteiger partial charge in [-0.15, -0.1) is 0 Å². The van der Waals surface area contributed by atoms with Crippen molar-refractivity contribution in [2.45, 2.75) is 40.8 Å². The molecular weight excluding hydrogens is 338 g/mol. The molecule has 0 saturated heterocycles. The summed E-state index contributed by atoms with van der Waals surface area (Å²) >= 11 is 0. The topological polar surface area (TPSA) is 56.1 Å². The van der Waals surface area contributed by atoms with Gasteiger partial charge in [0, 0.05) is 6.54 Å². The highest BCUT2D eigenvalue weighted by Crippen LogP contribution is 2.19. The Morgan fingerprint density at radius 1 is 1.19 bits per heavy atom. The average Bonchev–Trinajstić information content (AvgIpc) is 2.98. The predicted octanol–water partition coefficient (Wildman–Crippen LogP) is 4.00. The van der Waals surface area contributed by atoms with E-state index in [1.165, 1.54) is 0 Å². The molecule has 5 nitrogen and oxygen atoms in total. The van der Waals surface area contributed by atoms with E-state index < -0.39 is 0 Å². The summed E-state index contributed by atoms with van der Waals surface area (Å²) in [6.45, 7) is 9.58. The van der Waals surface area contributed by atoms with Crippen molar-refractivity contribution in [1.82, 2.24) is 14.9 Å². The van der Waals surface area contributed by atoms with Crippen LogP contribution in [0.5, 0.6) is 5.75 Å². The van der Waals surface area contributed by atoms with Crippen molar-refractivity contribution in [1.29, 1.82) is 0 Å². The van der Waals surface area contributed by atoms with Gasteiger partial charge in [-0.2, -0.15) is 0 Å². The first-order valence-electron chi connectivity index (χ1n) is 9.35. The quantitative estimate of drug-likeness (QED) is 0.688. The maximum atomic E-state index is 12.3. The molecule has 0 spiro atoms. The number of imidazole rings is 1. The number of aryl methyl sites for hydroxylation is 2. The molecule has 1 amide bonds. The smallest absolute Gasteiger partial charge is 0.258 e. The number of rotatable bonds is 7. The SMILES string of the molecule is Cc1ccc(C)c(OCC(=O)NCc2nc3ccccc3n2CC(C)C)c1. The summed E-state index contributed by atoms with van der Waals surface area (Å²) in [4.78, 5) is 17.0. The molecule has 0 fully saturated rings. The second-order valence-electron chi connectivity index (χ2n) is 7.36. The molecule has 0 radical (unpaired) electrons. The van der Waals surface area contributed by atoms with Crippen LogP contribution in [0.4, 0.5) is 0 Å². The number of nitrogens with zero attached hydrogens (tertiary/aromatic N) is 2. The number of carbonyl (C=O) groups is 1. The molecule has 0 aliphatic heterocycles. The fourth-order valence-electron chi connectivity index (χ4n) is 3.06. The van der Waals surface area contributed by atoms with Gasteiger partial charge < -0.3 is 14.6 Å². The van der Waals surface area contributed by atoms with Crippen LogP contribution in [0.15, 0.2) is 42.5 Å². The Labute approximate surface area is 160 Å². The first-order chi connectivity index (χ1) is 12.9. The van der Waals surface area contributed by atoms with Crippen LogP contribution < -0.4 is 10.1 Å². The molecular formula is C22H27N3O2. The largest absolute Gasteiger partial charge is 0.483 e. The Morgan fingerprint density at radius 3 is 2.74 bits per heavy atom. The third-order valence-electron chi connectivity index (χ3n) is 4.43. The van der Waals surface area contributed by atoms with Crippen LogP contribution in [0, 0.1) is 19.8 Å². The van der Waals surface area contributed by atoms with Gasteiger partial charge in [-0.25, -0.2) is 4.98 Å². The monoisotopic (exact) mass is 365 g/mol. The van der Waals surface area contributed by atoms with Gasteiger partial charge in [0.25, 0.3) is 5.91 Å². The number of ether oxygens (including phenoxy) is 1. The normalized spacial score (nSPS) is 11.1. The summed E-state index contributed by atoms with van der Waals surface area (Å²) in [5.41, 5.74) is 4.18. The molecule has 2 aromatic carbocycles. The van der Waals surface area contributed by atoms with Crippen LogP contribution >= 0.6 is 0 Å². The van der Waals surface area contributed by atoms with Gasteiger partial charge in [-0.3, -0.25) is 4.79 Å². The lowest BCUT2D eigenvalue weighted by Gasteiger charge is -2.13. The van der Waals surface area contributed by atoms with Crippen LogP contribution in [-0.4, -0.2) is 22.1 Å². The Bertz CT molecular complexity index is 944. The van der Waals surface area contributed by atoms with E-state index in [1.807, 2.05) is 50.2 Å². The summed E-state index contributed by atoms with van der Waals surface area (Å²) in [5, 5.41) is 2.93. The first kappa shape index (κ1) is 19.0. The molecule has 0 saturated carbocycles. The lowest BCUT2D eigenvalue weighted by molar-refractivity contribution is -0.123. The van der Waals surface area contributed by atoms with Crippen molar-refractivity contribution in [3.63, 3.8) is 0 Å². The van der Waals surface area contributed by atoms with Crippen LogP contribution in [0.25, 0.3) is 11.0 Å². The molecule has 1 aromatic heterocycles. The van der Waals surface area contributed by atoms with Gasteiger partial charge in [-0.1, -0.05) is 38.1 Å². The Balaban J connectivity index is 1.65. The molecule has 1 N–H and O–H groups in total. The lowest BCUT2D eigenvalue weighted by atomic mass is 10.1. The van der Waals surface area contributed by atoms with Crippen LogP contribution in [-0.2, 0) is 17.9 Å². The minimum absolute atomic E-state index is 0.00526. The number of nitrogens with one attached hydrogen (secondary N) is 1.